The van der Waals surface area contributed by atoms with Crippen LogP contribution in [-0.2, 0) is 22.1 Å². The zero-order chi connectivity index (χ0) is 20.1. The average Bonchev–Trinajstić information content (AvgIpc) is 2.68. The van der Waals surface area contributed by atoms with Gasteiger partial charge in [-0.05, 0) is 47.4 Å². The van der Waals surface area contributed by atoms with E-state index in [0.717, 1.165) is 17.7 Å². The van der Waals surface area contributed by atoms with Crippen LogP contribution >= 0.6 is 12.2 Å². The number of halogens is 4. The molecule has 1 aliphatic heterocycles. The fourth-order valence-corrected chi connectivity index (χ4v) is 3.19. The van der Waals surface area contributed by atoms with E-state index in [9.17, 15) is 17.6 Å². The molecule has 1 heterocycles. The molecular weight excluding hydrogens is 394 g/mol. The van der Waals surface area contributed by atoms with Crippen LogP contribution in [0.3, 0.4) is 0 Å². The second kappa shape index (κ2) is 9.09. The van der Waals surface area contributed by atoms with Crippen LogP contribution in [0.1, 0.15) is 28.3 Å². The third-order valence-corrected chi connectivity index (χ3v) is 4.67. The van der Waals surface area contributed by atoms with E-state index in [4.69, 9.17) is 21.7 Å². The van der Waals surface area contributed by atoms with Crippen molar-refractivity contribution in [3.63, 3.8) is 0 Å². The van der Waals surface area contributed by atoms with Gasteiger partial charge >= 0.3 is 6.18 Å². The zero-order valence-corrected chi connectivity index (χ0v) is 15.7. The second-order valence-electron chi connectivity index (χ2n) is 6.42. The maximum Gasteiger partial charge on any atom is 0.416 e. The number of rotatable bonds is 6. The molecule has 1 aliphatic rings. The summed E-state index contributed by atoms with van der Waals surface area (Å²) < 4.78 is 63.7. The first-order valence-electron chi connectivity index (χ1n) is 8.75. The molecule has 8 heteroatoms. The second-order valence-corrected chi connectivity index (χ2v) is 6.66. The summed E-state index contributed by atoms with van der Waals surface area (Å²) in [5.41, 5.74) is 0.890. The lowest BCUT2D eigenvalue weighted by Gasteiger charge is -2.33. The standard InChI is InChI=1S/C20H19F4NO2S/c21-17-3-1-15(2-4-17)18-19(27-8-6-25-18)26-7-5-13-9-14(12-28)11-16(10-13)20(22,23)24/h1-4,9-12,18-19,25H,5-8H2/t18-,19+/m0/s1. The Morgan fingerprint density at radius 3 is 2.61 bits per heavy atom. The van der Waals surface area contributed by atoms with Crippen LogP contribution in [0.4, 0.5) is 17.6 Å². The summed E-state index contributed by atoms with van der Waals surface area (Å²) >= 11 is 4.78. The van der Waals surface area contributed by atoms with Crippen LogP contribution < -0.4 is 5.32 Å². The molecular formula is C20H19F4NO2S. The third kappa shape index (κ3) is 5.35. The molecule has 3 nitrogen and oxygen atoms in total. The molecule has 2 atom stereocenters. The Morgan fingerprint density at radius 2 is 1.93 bits per heavy atom. The molecule has 0 bridgehead atoms. The van der Waals surface area contributed by atoms with E-state index in [1.165, 1.54) is 17.5 Å². The first-order valence-corrected chi connectivity index (χ1v) is 9.22. The zero-order valence-electron chi connectivity index (χ0n) is 14.8. The van der Waals surface area contributed by atoms with Crippen LogP contribution in [0, 0.1) is 5.82 Å². The maximum atomic E-state index is 13.1. The number of thiocarbonyl (C=S) groups is 1. The summed E-state index contributed by atoms with van der Waals surface area (Å²) in [6.07, 6.45) is -4.78. The Morgan fingerprint density at radius 1 is 1.18 bits per heavy atom. The predicted molar refractivity (Wildman–Crippen MR) is 101 cm³/mol. The van der Waals surface area contributed by atoms with E-state index < -0.39 is 18.0 Å². The Hall–Kier alpha value is -1.87. The molecule has 2 aromatic carbocycles. The predicted octanol–water partition coefficient (Wildman–Crippen LogP) is 4.44. The molecule has 3 rings (SSSR count). The largest absolute Gasteiger partial charge is 0.416 e. The molecule has 1 fully saturated rings. The SMILES string of the molecule is Fc1ccc([C@@H]2NCCO[C@H]2OCCc2cc(C=S)cc(C(F)(F)F)c2)cc1. The van der Waals surface area contributed by atoms with Gasteiger partial charge < -0.3 is 14.8 Å². The highest BCUT2D eigenvalue weighted by Crippen LogP contribution is 2.31. The van der Waals surface area contributed by atoms with Crippen molar-refractivity contribution in [2.75, 3.05) is 19.8 Å². The smallest absolute Gasteiger partial charge is 0.350 e. The van der Waals surface area contributed by atoms with E-state index in [1.807, 2.05) is 0 Å². The summed E-state index contributed by atoms with van der Waals surface area (Å²) in [5, 5.41) is 4.48. The molecule has 0 amide bonds. The first kappa shape index (κ1) is 20.9. The van der Waals surface area contributed by atoms with E-state index in [0.29, 0.717) is 24.3 Å². The highest BCUT2D eigenvalue weighted by molar-refractivity contribution is 7.79. The van der Waals surface area contributed by atoms with Crippen molar-refractivity contribution in [1.29, 1.82) is 0 Å². The number of nitrogens with one attached hydrogen (secondary N) is 1. The highest BCUT2D eigenvalue weighted by Gasteiger charge is 2.31. The quantitative estimate of drug-likeness (QED) is 0.560. The maximum absolute atomic E-state index is 13.1. The minimum Gasteiger partial charge on any atom is -0.350 e. The Labute approximate surface area is 165 Å². The van der Waals surface area contributed by atoms with Gasteiger partial charge in [0.05, 0.1) is 24.8 Å². The third-order valence-electron chi connectivity index (χ3n) is 4.40. The van der Waals surface area contributed by atoms with Crippen molar-refractivity contribution in [2.24, 2.45) is 0 Å². The minimum atomic E-state index is -4.44. The van der Waals surface area contributed by atoms with Crippen LogP contribution in [0.25, 0.3) is 0 Å². The van der Waals surface area contributed by atoms with Gasteiger partial charge in [-0.3, -0.25) is 0 Å². The van der Waals surface area contributed by atoms with E-state index in [2.05, 4.69) is 5.32 Å². The average molecular weight is 413 g/mol. The summed E-state index contributed by atoms with van der Waals surface area (Å²) in [6, 6.07) is 9.47. The van der Waals surface area contributed by atoms with Crippen LogP contribution in [0.5, 0.6) is 0 Å². The molecule has 0 saturated carbocycles. The summed E-state index contributed by atoms with van der Waals surface area (Å²) in [6.45, 7) is 1.23. The molecule has 0 unspecified atom stereocenters. The molecule has 0 aromatic heterocycles. The molecule has 0 spiro atoms. The number of morpholine rings is 1. The summed E-state index contributed by atoms with van der Waals surface area (Å²) in [4.78, 5) is 0. The Bertz CT molecular complexity index is 811. The van der Waals surface area contributed by atoms with Gasteiger partial charge in [0.2, 0.25) is 0 Å². The highest BCUT2D eigenvalue weighted by atomic mass is 32.1. The van der Waals surface area contributed by atoms with Gasteiger partial charge in [-0.25, -0.2) is 4.39 Å². The van der Waals surface area contributed by atoms with Crippen molar-refractivity contribution < 1.29 is 27.0 Å². The van der Waals surface area contributed by atoms with Gasteiger partial charge in [0.25, 0.3) is 0 Å². The Kier molecular flexibility index (Phi) is 6.77. The molecule has 0 aliphatic carbocycles. The van der Waals surface area contributed by atoms with E-state index >= 15 is 0 Å². The van der Waals surface area contributed by atoms with Crippen molar-refractivity contribution >= 4 is 17.6 Å². The lowest BCUT2D eigenvalue weighted by molar-refractivity contribution is -0.176. The van der Waals surface area contributed by atoms with Gasteiger partial charge in [-0.15, -0.1) is 0 Å². The summed E-state index contributed by atoms with van der Waals surface area (Å²) in [5.74, 6) is -0.336. The van der Waals surface area contributed by atoms with E-state index in [-0.39, 0.29) is 24.9 Å². The van der Waals surface area contributed by atoms with Crippen molar-refractivity contribution in [3.05, 3.63) is 70.5 Å². The van der Waals surface area contributed by atoms with Gasteiger partial charge in [-0.1, -0.05) is 30.4 Å². The number of benzene rings is 2. The number of hydrogen-bond donors (Lipinski definition) is 1. The number of ether oxygens (including phenoxy) is 2. The van der Waals surface area contributed by atoms with Crippen LogP contribution in [0.2, 0.25) is 0 Å². The summed E-state index contributed by atoms with van der Waals surface area (Å²) in [7, 11) is 0. The molecule has 1 saturated heterocycles. The first-order chi connectivity index (χ1) is 13.4. The molecule has 1 N–H and O–H groups in total. The molecule has 28 heavy (non-hydrogen) atoms. The lowest BCUT2D eigenvalue weighted by Crippen LogP contribution is -2.43. The van der Waals surface area contributed by atoms with Crippen molar-refractivity contribution in [1.82, 2.24) is 5.32 Å². The Balaban J connectivity index is 1.66. The van der Waals surface area contributed by atoms with Gasteiger partial charge in [0.15, 0.2) is 6.29 Å². The lowest BCUT2D eigenvalue weighted by atomic mass is 10.0. The molecule has 150 valence electrons. The molecule has 0 radical (unpaired) electrons. The van der Waals surface area contributed by atoms with Gasteiger partial charge in [0, 0.05) is 11.9 Å². The fraction of sp³-hybridized carbons (Fsp3) is 0.350. The van der Waals surface area contributed by atoms with Crippen molar-refractivity contribution in [2.45, 2.75) is 24.9 Å². The fourth-order valence-electron chi connectivity index (χ4n) is 3.06. The van der Waals surface area contributed by atoms with Crippen LogP contribution in [-0.4, -0.2) is 31.4 Å². The van der Waals surface area contributed by atoms with Gasteiger partial charge in [-0.2, -0.15) is 13.2 Å². The number of hydrogen-bond acceptors (Lipinski definition) is 4. The van der Waals surface area contributed by atoms with E-state index in [1.54, 1.807) is 18.2 Å². The van der Waals surface area contributed by atoms with Crippen molar-refractivity contribution in [3.8, 4) is 0 Å². The monoisotopic (exact) mass is 413 g/mol. The number of alkyl halides is 3. The minimum absolute atomic E-state index is 0.169. The van der Waals surface area contributed by atoms with Crippen LogP contribution in [0.15, 0.2) is 42.5 Å². The van der Waals surface area contributed by atoms with Gasteiger partial charge in [0.1, 0.15) is 5.82 Å². The normalized spacial score (nSPS) is 20.1. The topological polar surface area (TPSA) is 30.5 Å². The molecule has 2 aromatic rings.